The number of nitrogens with one attached hydrogen (secondary N) is 2. The van der Waals surface area contributed by atoms with E-state index in [1.807, 2.05) is 13.8 Å². The highest BCUT2D eigenvalue weighted by molar-refractivity contribution is 7.98. The molecular weight excluding hydrogens is 383 g/mol. The number of hydrogen-bond donors (Lipinski definition) is 4. The first-order chi connectivity index (χ1) is 12.0. The van der Waals surface area contributed by atoms with E-state index in [1.165, 1.54) is 11.8 Å². The van der Waals surface area contributed by atoms with Gasteiger partial charge in [0.25, 0.3) is 5.91 Å². The van der Waals surface area contributed by atoms with Gasteiger partial charge in [0.05, 0.1) is 0 Å². The molecule has 0 fully saturated rings. The molecule has 7 nitrogen and oxygen atoms in total. The molecule has 0 saturated heterocycles. The number of primary amides is 1. The third-order valence-corrected chi connectivity index (χ3v) is 4.05. The SMILES string of the molecule is CC.CSc1nc(NN)c(C(N)=O)c(NCc2ccc(Cl)cc2Cl)n1. The lowest BCUT2D eigenvalue weighted by Gasteiger charge is -2.14. The summed E-state index contributed by atoms with van der Waals surface area (Å²) in [7, 11) is 0. The van der Waals surface area contributed by atoms with E-state index in [2.05, 4.69) is 20.7 Å². The zero-order valence-corrected chi connectivity index (χ0v) is 16.4. The predicted octanol–water partition coefficient (Wildman–Crippen LogP) is 3.53. The summed E-state index contributed by atoms with van der Waals surface area (Å²) >= 11 is 13.3. The molecule has 0 aliphatic heterocycles. The first-order valence-corrected chi connectivity index (χ1v) is 9.34. The topological polar surface area (TPSA) is 119 Å². The number of nitrogen functional groups attached to an aromatic ring is 1. The molecule has 6 N–H and O–H groups in total. The van der Waals surface area contributed by atoms with Gasteiger partial charge < -0.3 is 16.5 Å². The van der Waals surface area contributed by atoms with E-state index < -0.39 is 5.91 Å². The van der Waals surface area contributed by atoms with Gasteiger partial charge in [-0.1, -0.05) is 54.9 Å². The highest BCUT2D eigenvalue weighted by Crippen LogP contribution is 2.26. The van der Waals surface area contributed by atoms with Gasteiger partial charge in [0, 0.05) is 16.6 Å². The number of carbonyl (C=O) groups is 1. The minimum absolute atomic E-state index is 0.0791. The van der Waals surface area contributed by atoms with Crippen LogP contribution in [-0.4, -0.2) is 22.1 Å². The number of nitrogens with zero attached hydrogens (tertiary/aromatic N) is 2. The molecule has 0 atom stereocenters. The first kappa shape index (κ1) is 21.3. The Bertz CT molecular complexity index is 744. The highest BCUT2D eigenvalue weighted by Gasteiger charge is 2.18. The Morgan fingerprint density at radius 2 is 1.88 bits per heavy atom. The average Bonchev–Trinajstić information content (AvgIpc) is 2.61. The van der Waals surface area contributed by atoms with Crippen molar-refractivity contribution in [3.05, 3.63) is 39.4 Å². The van der Waals surface area contributed by atoms with Crippen LogP contribution < -0.4 is 22.3 Å². The number of thioether (sulfide) groups is 1. The summed E-state index contributed by atoms with van der Waals surface area (Å²) in [6.07, 6.45) is 1.80. The number of aromatic nitrogens is 2. The van der Waals surface area contributed by atoms with Gasteiger partial charge in [0.15, 0.2) is 11.0 Å². The third kappa shape index (κ3) is 5.64. The van der Waals surface area contributed by atoms with E-state index in [0.29, 0.717) is 21.7 Å². The van der Waals surface area contributed by atoms with Gasteiger partial charge in [-0.25, -0.2) is 15.8 Å². The van der Waals surface area contributed by atoms with E-state index >= 15 is 0 Å². The highest BCUT2D eigenvalue weighted by atomic mass is 35.5. The van der Waals surface area contributed by atoms with Gasteiger partial charge in [0.1, 0.15) is 11.4 Å². The Kier molecular flexibility index (Phi) is 8.77. The number of halogens is 2. The number of hydrogen-bond acceptors (Lipinski definition) is 7. The smallest absolute Gasteiger partial charge is 0.256 e. The average molecular weight is 403 g/mol. The van der Waals surface area contributed by atoms with Crippen molar-refractivity contribution in [2.75, 3.05) is 17.0 Å². The second kappa shape index (κ2) is 10.3. The molecule has 0 spiro atoms. The largest absolute Gasteiger partial charge is 0.365 e. The molecule has 0 bridgehead atoms. The van der Waals surface area contributed by atoms with Gasteiger partial charge in [-0.15, -0.1) is 0 Å². The Morgan fingerprint density at radius 1 is 1.24 bits per heavy atom. The van der Waals surface area contributed by atoms with Gasteiger partial charge in [-0.2, -0.15) is 0 Å². The van der Waals surface area contributed by atoms with Crippen molar-refractivity contribution in [3.8, 4) is 0 Å². The fraction of sp³-hybridized carbons (Fsp3) is 0.267. The van der Waals surface area contributed by atoms with Crippen LogP contribution in [0.2, 0.25) is 10.0 Å². The lowest BCUT2D eigenvalue weighted by atomic mass is 10.2. The lowest BCUT2D eigenvalue weighted by Crippen LogP contribution is -2.22. The number of amides is 1. The molecule has 0 unspecified atom stereocenters. The van der Waals surface area contributed by atoms with Crippen LogP contribution in [0.3, 0.4) is 0 Å². The standard InChI is InChI=1S/C13H14Cl2N6OS.C2H6/c1-23-13-19-11(9(10(16)22)12(20-13)21-17)18-5-6-2-3-7(14)4-8(6)15;1-2/h2-4H,5,17H2,1H3,(H2,16,22)(H2,18,19,20,21);1-2H3. The van der Waals surface area contributed by atoms with Crippen LogP contribution in [0.25, 0.3) is 0 Å². The normalized spacial score (nSPS) is 9.84. The molecule has 2 rings (SSSR count). The first-order valence-electron chi connectivity index (χ1n) is 7.36. The van der Waals surface area contributed by atoms with Crippen LogP contribution >= 0.6 is 35.0 Å². The van der Waals surface area contributed by atoms with Gasteiger partial charge in [0.2, 0.25) is 0 Å². The van der Waals surface area contributed by atoms with Gasteiger partial charge >= 0.3 is 0 Å². The van der Waals surface area contributed by atoms with Crippen molar-refractivity contribution in [1.82, 2.24) is 9.97 Å². The second-order valence-electron chi connectivity index (χ2n) is 4.38. The lowest BCUT2D eigenvalue weighted by molar-refractivity contribution is 0.100. The Labute approximate surface area is 160 Å². The quantitative estimate of drug-likeness (QED) is 0.252. The van der Waals surface area contributed by atoms with Crippen LogP contribution in [0.5, 0.6) is 0 Å². The molecule has 0 saturated carbocycles. The molecule has 1 heterocycles. The summed E-state index contributed by atoms with van der Waals surface area (Å²) in [5, 5.41) is 4.51. The number of nitrogens with two attached hydrogens (primary N) is 2. The minimum Gasteiger partial charge on any atom is -0.365 e. The zero-order chi connectivity index (χ0) is 19.0. The van der Waals surface area contributed by atoms with E-state index in [0.717, 1.165) is 5.56 Å². The maximum absolute atomic E-state index is 11.7. The van der Waals surface area contributed by atoms with E-state index in [4.69, 9.17) is 34.8 Å². The summed E-state index contributed by atoms with van der Waals surface area (Å²) in [6, 6.07) is 5.13. The summed E-state index contributed by atoms with van der Waals surface area (Å²) < 4.78 is 0. The van der Waals surface area contributed by atoms with Crippen molar-refractivity contribution >= 4 is 52.5 Å². The Balaban J connectivity index is 0.00000151. The third-order valence-electron chi connectivity index (χ3n) is 2.92. The van der Waals surface area contributed by atoms with Crippen molar-refractivity contribution in [2.45, 2.75) is 25.5 Å². The van der Waals surface area contributed by atoms with Crippen molar-refractivity contribution in [1.29, 1.82) is 0 Å². The molecule has 136 valence electrons. The van der Waals surface area contributed by atoms with Crippen LogP contribution in [-0.2, 0) is 6.54 Å². The van der Waals surface area contributed by atoms with Crippen LogP contribution in [0, 0.1) is 0 Å². The van der Waals surface area contributed by atoms with Crippen LogP contribution in [0.1, 0.15) is 29.8 Å². The summed E-state index contributed by atoms with van der Waals surface area (Å²) in [4.78, 5) is 20.0. The number of hydrazine groups is 1. The molecule has 1 aromatic heterocycles. The molecule has 0 aliphatic rings. The Morgan fingerprint density at radius 3 is 2.40 bits per heavy atom. The maximum Gasteiger partial charge on any atom is 0.256 e. The molecule has 10 heteroatoms. The molecule has 2 aromatic rings. The molecule has 1 amide bonds. The van der Waals surface area contributed by atoms with E-state index in [1.54, 1.807) is 24.5 Å². The fourth-order valence-corrected chi connectivity index (χ4v) is 2.68. The van der Waals surface area contributed by atoms with E-state index in [9.17, 15) is 4.79 Å². The molecular formula is C15H20Cl2N6OS. The summed E-state index contributed by atoms with van der Waals surface area (Å²) in [5.74, 6) is 5.14. The van der Waals surface area contributed by atoms with Crippen LogP contribution in [0.15, 0.2) is 23.4 Å². The van der Waals surface area contributed by atoms with Gasteiger partial charge in [-0.05, 0) is 24.0 Å². The molecule has 1 aromatic carbocycles. The second-order valence-corrected chi connectivity index (χ2v) is 6.00. The number of carbonyl (C=O) groups excluding carboxylic acids is 1. The Hall–Kier alpha value is -1.74. The number of anilines is 2. The number of rotatable bonds is 6. The van der Waals surface area contributed by atoms with E-state index in [-0.39, 0.29) is 17.2 Å². The maximum atomic E-state index is 11.7. The monoisotopic (exact) mass is 402 g/mol. The fourth-order valence-electron chi connectivity index (χ4n) is 1.84. The van der Waals surface area contributed by atoms with Crippen molar-refractivity contribution in [3.63, 3.8) is 0 Å². The van der Waals surface area contributed by atoms with Crippen molar-refractivity contribution < 1.29 is 4.79 Å². The summed E-state index contributed by atoms with van der Waals surface area (Å²) in [6.45, 7) is 4.32. The number of benzene rings is 1. The predicted molar refractivity (Wildman–Crippen MR) is 105 cm³/mol. The summed E-state index contributed by atoms with van der Waals surface area (Å²) in [5.41, 5.74) is 8.63. The minimum atomic E-state index is -0.699. The van der Waals surface area contributed by atoms with Crippen molar-refractivity contribution in [2.24, 2.45) is 11.6 Å². The zero-order valence-electron chi connectivity index (χ0n) is 14.1. The molecule has 25 heavy (non-hydrogen) atoms. The van der Waals surface area contributed by atoms with Crippen LogP contribution in [0.4, 0.5) is 11.6 Å². The molecule has 0 aliphatic carbocycles. The van der Waals surface area contributed by atoms with Gasteiger partial charge in [-0.3, -0.25) is 4.79 Å². The molecule has 0 radical (unpaired) electrons.